The van der Waals surface area contributed by atoms with E-state index in [0.717, 1.165) is 24.6 Å². The first-order valence-electron chi connectivity index (χ1n) is 8.18. The van der Waals surface area contributed by atoms with Gasteiger partial charge in [-0.15, -0.1) is 0 Å². The highest BCUT2D eigenvalue weighted by Crippen LogP contribution is 2.23. The first-order valence-corrected chi connectivity index (χ1v) is 9.67. The van der Waals surface area contributed by atoms with Crippen molar-refractivity contribution in [1.82, 2.24) is 4.72 Å². The zero-order chi connectivity index (χ0) is 17.6. The van der Waals surface area contributed by atoms with E-state index in [2.05, 4.69) is 11.6 Å². The maximum atomic E-state index is 12.7. The van der Waals surface area contributed by atoms with E-state index in [1.165, 1.54) is 6.07 Å². The molecule has 24 heavy (non-hydrogen) atoms. The number of carboxylic acids is 1. The molecule has 0 aliphatic carbocycles. The number of hydrogen-bond donors (Lipinski definition) is 2. The molecule has 0 bridgehead atoms. The van der Waals surface area contributed by atoms with Gasteiger partial charge in [-0.25, -0.2) is 8.42 Å². The molecule has 2 aromatic carbocycles. The number of rotatable bonds is 9. The lowest BCUT2D eigenvalue weighted by molar-refractivity contribution is -0.139. The van der Waals surface area contributed by atoms with Crippen LogP contribution in [0, 0.1) is 0 Å². The fourth-order valence-corrected chi connectivity index (χ4v) is 4.14. The van der Waals surface area contributed by atoms with E-state index < -0.39 is 22.0 Å². The second kappa shape index (κ2) is 8.26. The Hall–Kier alpha value is -1.92. The molecule has 0 spiro atoms. The zero-order valence-corrected chi connectivity index (χ0v) is 14.6. The monoisotopic (exact) mass is 349 g/mol. The van der Waals surface area contributed by atoms with Crippen LogP contribution in [0.5, 0.6) is 0 Å². The average Bonchev–Trinajstić information content (AvgIpc) is 2.56. The summed E-state index contributed by atoms with van der Waals surface area (Å²) in [6.45, 7) is 2.07. The number of carboxylic acid groups (broad SMARTS) is 1. The number of unbranched alkanes of at least 4 members (excludes halogenated alkanes) is 3. The van der Waals surface area contributed by atoms with Gasteiger partial charge in [0.15, 0.2) is 0 Å². The molecule has 6 heteroatoms. The molecule has 1 atom stereocenters. The highest BCUT2D eigenvalue weighted by molar-refractivity contribution is 7.89. The summed E-state index contributed by atoms with van der Waals surface area (Å²) in [6.07, 6.45) is 3.93. The van der Waals surface area contributed by atoms with Crippen molar-refractivity contribution in [1.29, 1.82) is 0 Å². The van der Waals surface area contributed by atoms with E-state index in [0.29, 0.717) is 18.2 Å². The first-order chi connectivity index (χ1) is 11.5. The third-order valence-electron chi connectivity index (χ3n) is 3.98. The van der Waals surface area contributed by atoms with E-state index in [4.69, 9.17) is 0 Å². The molecule has 0 fully saturated rings. The number of benzene rings is 2. The predicted molar refractivity (Wildman–Crippen MR) is 94.5 cm³/mol. The van der Waals surface area contributed by atoms with Crippen molar-refractivity contribution >= 4 is 26.8 Å². The molecule has 130 valence electrons. The van der Waals surface area contributed by atoms with Gasteiger partial charge in [0, 0.05) is 5.39 Å². The number of nitrogens with one attached hydrogen (secondary N) is 1. The van der Waals surface area contributed by atoms with E-state index >= 15 is 0 Å². The molecule has 0 amide bonds. The Kier molecular flexibility index (Phi) is 6.34. The number of aliphatic carboxylic acids is 1. The summed E-state index contributed by atoms with van der Waals surface area (Å²) >= 11 is 0. The smallest absolute Gasteiger partial charge is 0.321 e. The summed E-state index contributed by atoms with van der Waals surface area (Å²) in [5.74, 6) is -1.14. The van der Waals surface area contributed by atoms with Crippen molar-refractivity contribution in [2.75, 3.05) is 0 Å². The topological polar surface area (TPSA) is 83.5 Å². The van der Waals surface area contributed by atoms with Crippen molar-refractivity contribution in [3.05, 3.63) is 42.5 Å². The summed E-state index contributed by atoms with van der Waals surface area (Å²) in [6, 6.07) is 11.0. The molecular weight excluding hydrogens is 326 g/mol. The maximum Gasteiger partial charge on any atom is 0.321 e. The number of sulfonamides is 1. The van der Waals surface area contributed by atoms with E-state index in [9.17, 15) is 18.3 Å². The van der Waals surface area contributed by atoms with Gasteiger partial charge < -0.3 is 5.11 Å². The van der Waals surface area contributed by atoms with Crippen LogP contribution >= 0.6 is 0 Å². The van der Waals surface area contributed by atoms with Crippen LogP contribution in [0.25, 0.3) is 10.8 Å². The van der Waals surface area contributed by atoms with Gasteiger partial charge in [0.1, 0.15) is 6.04 Å². The zero-order valence-electron chi connectivity index (χ0n) is 13.7. The fraction of sp³-hybridized carbons (Fsp3) is 0.389. The Bertz CT molecular complexity index is 796. The van der Waals surface area contributed by atoms with Crippen LogP contribution in [0.2, 0.25) is 0 Å². The van der Waals surface area contributed by atoms with Crippen molar-refractivity contribution in [2.45, 2.75) is 50.0 Å². The molecule has 0 saturated carbocycles. The fourth-order valence-electron chi connectivity index (χ4n) is 2.69. The molecule has 0 aromatic heterocycles. The summed E-state index contributed by atoms with van der Waals surface area (Å²) in [7, 11) is -3.90. The van der Waals surface area contributed by atoms with Crippen LogP contribution in [-0.4, -0.2) is 25.5 Å². The predicted octanol–water partition coefficient (Wildman–Crippen LogP) is 3.54. The minimum Gasteiger partial charge on any atom is -0.480 e. The third-order valence-corrected chi connectivity index (χ3v) is 5.51. The van der Waals surface area contributed by atoms with Crippen LogP contribution in [0.1, 0.15) is 39.0 Å². The summed E-state index contributed by atoms with van der Waals surface area (Å²) < 4.78 is 27.7. The molecule has 2 aromatic rings. The van der Waals surface area contributed by atoms with Gasteiger partial charge in [-0.3, -0.25) is 4.79 Å². The highest BCUT2D eigenvalue weighted by Gasteiger charge is 2.26. The lowest BCUT2D eigenvalue weighted by Gasteiger charge is -2.16. The van der Waals surface area contributed by atoms with Crippen molar-refractivity contribution in [3.63, 3.8) is 0 Å². The number of carbonyl (C=O) groups is 1. The average molecular weight is 349 g/mol. The largest absolute Gasteiger partial charge is 0.480 e. The summed E-state index contributed by atoms with van der Waals surface area (Å²) in [4.78, 5) is 11.5. The quantitative estimate of drug-likeness (QED) is 0.678. The molecular formula is C18H23NO4S. The highest BCUT2D eigenvalue weighted by atomic mass is 32.2. The molecule has 2 rings (SSSR count). The Morgan fingerprint density at radius 3 is 2.50 bits per heavy atom. The number of hydrogen-bond acceptors (Lipinski definition) is 3. The van der Waals surface area contributed by atoms with Gasteiger partial charge >= 0.3 is 5.97 Å². The van der Waals surface area contributed by atoms with Crippen molar-refractivity contribution < 1.29 is 18.3 Å². The second-order valence-electron chi connectivity index (χ2n) is 5.84. The maximum absolute atomic E-state index is 12.7. The Morgan fingerprint density at radius 1 is 1.08 bits per heavy atom. The van der Waals surface area contributed by atoms with Crippen LogP contribution in [0.3, 0.4) is 0 Å². The van der Waals surface area contributed by atoms with Gasteiger partial charge in [-0.1, -0.05) is 69.0 Å². The van der Waals surface area contributed by atoms with Crippen molar-refractivity contribution in [2.24, 2.45) is 0 Å². The van der Waals surface area contributed by atoms with Crippen molar-refractivity contribution in [3.8, 4) is 0 Å². The first kappa shape index (κ1) is 18.4. The molecule has 0 aliphatic rings. The summed E-state index contributed by atoms with van der Waals surface area (Å²) in [5, 5.41) is 10.7. The van der Waals surface area contributed by atoms with E-state index in [1.807, 2.05) is 18.2 Å². The number of fused-ring (bicyclic) bond motifs is 1. The SMILES string of the molecule is CCCCCC[C@@H](NS(=O)(=O)c1cccc2ccccc12)C(=O)O. The minimum absolute atomic E-state index is 0.111. The molecule has 5 nitrogen and oxygen atoms in total. The van der Waals surface area contributed by atoms with Crippen LogP contribution in [0.15, 0.2) is 47.4 Å². The lowest BCUT2D eigenvalue weighted by atomic mass is 10.1. The summed E-state index contributed by atoms with van der Waals surface area (Å²) in [5.41, 5.74) is 0. The van der Waals surface area contributed by atoms with E-state index in [1.54, 1.807) is 18.2 Å². The molecule has 0 radical (unpaired) electrons. The molecule has 0 unspecified atom stereocenters. The lowest BCUT2D eigenvalue weighted by Crippen LogP contribution is -2.40. The molecule has 0 aliphatic heterocycles. The van der Waals surface area contributed by atoms with Gasteiger partial charge in [0.25, 0.3) is 0 Å². The van der Waals surface area contributed by atoms with Crippen LogP contribution in [-0.2, 0) is 14.8 Å². The Morgan fingerprint density at radius 2 is 1.79 bits per heavy atom. The molecule has 2 N–H and O–H groups in total. The van der Waals surface area contributed by atoms with E-state index in [-0.39, 0.29) is 4.90 Å². The van der Waals surface area contributed by atoms with Crippen LogP contribution < -0.4 is 4.72 Å². The van der Waals surface area contributed by atoms with Gasteiger partial charge in [0.2, 0.25) is 10.0 Å². The second-order valence-corrected chi connectivity index (χ2v) is 7.52. The molecule has 0 heterocycles. The van der Waals surface area contributed by atoms with Crippen LogP contribution in [0.4, 0.5) is 0 Å². The Balaban J connectivity index is 2.23. The third kappa shape index (κ3) is 4.55. The molecule has 0 saturated heterocycles. The van der Waals surface area contributed by atoms with Gasteiger partial charge in [0.05, 0.1) is 4.90 Å². The minimum atomic E-state index is -3.90. The normalized spacial score (nSPS) is 13.0. The van der Waals surface area contributed by atoms with Gasteiger partial charge in [-0.2, -0.15) is 4.72 Å². The van der Waals surface area contributed by atoms with Gasteiger partial charge in [-0.05, 0) is 17.9 Å². The Labute approximate surface area is 142 Å². The standard InChI is InChI=1S/C18H23NO4S/c1-2-3-4-5-12-16(18(20)21)19-24(22,23)17-13-8-10-14-9-6-7-11-15(14)17/h6-11,13,16,19H,2-5,12H2,1H3,(H,20,21)/t16-/m1/s1.